The van der Waals surface area contributed by atoms with E-state index in [1.165, 1.54) is 0 Å². The topological polar surface area (TPSA) is 81.3 Å². The minimum atomic E-state index is -0.0598. The third kappa shape index (κ3) is 4.03. The van der Waals surface area contributed by atoms with Crippen LogP contribution in [0, 0.1) is 0 Å². The standard InChI is InChI=1S/C21H22N4O3/c1-14(2)27-18-5-3-15(4-6-18)12-25-13-17(11-19(25)26)20-23-21(28-24-20)16-7-9-22-10-8-16/h3-10,14,17H,11-13H2,1-2H3. The minimum Gasteiger partial charge on any atom is -0.491 e. The molecule has 1 atom stereocenters. The SMILES string of the molecule is CC(C)Oc1ccc(CN2CC(c3noc(-c4ccncc4)n3)CC2=O)cc1. The smallest absolute Gasteiger partial charge is 0.258 e. The zero-order valence-electron chi connectivity index (χ0n) is 15.9. The fraction of sp³-hybridized carbons (Fsp3) is 0.333. The zero-order valence-corrected chi connectivity index (χ0v) is 15.9. The second-order valence-corrected chi connectivity index (χ2v) is 7.18. The lowest BCUT2D eigenvalue weighted by Crippen LogP contribution is -2.24. The Hall–Kier alpha value is -3.22. The molecule has 0 aliphatic carbocycles. The average Bonchev–Trinajstić information content (AvgIpc) is 3.31. The third-order valence-electron chi connectivity index (χ3n) is 4.62. The van der Waals surface area contributed by atoms with E-state index in [0.717, 1.165) is 16.9 Å². The number of carbonyl (C=O) groups is 1. The van der Waals surface area contributed by atoms with Crippen LogP contribution in [-0.2, 0) is 11.3 Å². The molecule has 1 amide bonds. The van der Waals surface area contributed by atoms with Gasteiger partial charge in [-0.3, -0.25) is 9.78 Å². The molecule has 3 aromatic rings. The molecule has 1 fully saturated rings. The van der Waals surface area contributed by atoms with Gasteiger partial charge in [-0.2, -0.15) is 4.98 Å². The highest BCUT2D eigenvalue weighted by Crippen LogP contribution is 2.29. The van der Waals surface area contributed by atoms with Crippen LogP contribution in [0.4, 0.5) is 0 Å². The minimum absolute atomic E-state index is 0.0598. The molecule has 0 N–H and O–H groups in total. The molecule has 28 heavy (non-hydrogen) atoms. The van der Waals surface area contributed by atoms with Gasteiger partial charge in [0.25, 0.3) is 5.89 Å². The highest BCUT2D eigenvalue weighted by atomic mass is 16.5. The normalized spacial score (nSPS) is 16.8. The van der Waals surface area contributed by atoms with Crippen LogP contribution in [-0.4, -0.2) is 38.6 Å². The van der Waals surface area contributed by atoms with Gasteiger partial charge in [0.2, 0.25) is 5.91 Å². The van der Waals surface area contributed by atoms with Crippen LogP contribution in [0.1, 0.15) is 37.6 Å². The molecule has 144 valence electrons. The Morgan fingerprint density at radius 2 is 1.93 bits per heavy atom. The van der Waals surface area contributed by atoms with Crippen LogP contribution in [0.3, 0.4) is 0 Å². The van der Waals surface area contributed by atoms with Gasteiger partial charge in [0.15, 0.2) is 5.82 Å². The maximum absolute atomic E-state index is 12.5. The second kappa shape index (κ2) is 7.80. The number of carbonyl (C=O) groups excluding carboxylic acids is 1. The summed E-state index contributed by atoms with van der Waals surface area (Å²) in [6, 6.07) is 11.5. The van der Waals surface area contributed by atoms with E-state index < -0.39 is 0 Å². The molecule has 3 heterocycles. The van der Waals surface area contributed by atoms with Gasteiger partial charge in [-0.1, -0.05) is 17.3 Å². The molecule has 2 aromatic heterocycles. The lowest BCUT2D eigenvalue weighted by atomic mass is 10.1. The number of likely N-dealkylation sites (tertiary alicyclic amines) is 1. The van der Waals surface area contributed by atoms with Crippen LogP contribution in [0.5, 0.6) is 5.75 Å². The van der Waals surface area contributed by atoms with Crippen molar-refractivity contribution in [3.63, 3.8) is 0 Å². The van der Waals surface area contributed by atoms with E-state index in [1.54, 1.807) is 12.4 Å². The van der Waals surface area contributed by atoms with Gasteiger partial charge in [-0.25, -0.2) is 0 Å². The Balaban J connectivity index is 1.41. The number of ether oxygens (including phenoxy) is 1. The van der Waals surface area contributed by atoms with Crippen molar-refractivity contribution in [1.29, 1.82) is 0 Å². The average molecular weight is 378 g/mol. The van der Waals surface area contributed by atoms with Crippen LogP contribution in [0.2, 0.25) is 0 Å². The van der Waals surface area contributed by atoms with E-state index >= 15 is 0 Å². The molecule has 7 heteroatoms. The summed E-state index contributed by atoms with van der Waals surface area (Å²) in [6.07, 6.45) is 3.89. The molecule has 0 spiro atoms. The largest absolute Gasteiger partial charge is 0.491 e. The van der Waals surface area contributed by atoms with Crippen molar-refractivity contribution in [1.82, 2.24) is 20.0 Å². The lowest BCUT2D eigenvalue weighted by molar-refractivity contribution is -0.128. The first-order valence-electron chi connectivity index (χ1n) is 9.36. The summed E-state index contributed by atoms with van der Waals surface area (Å²) < 4.78 is 11.0. The molecule has 1 saturated heterocycles. The van der Waals surface area contributed by atoms with Gasteiger partial charge >= 0.3 is 0 Å². The van der Waals surface area contributed by atoms with Gasteiger partial charge < -0.3 is 14.2 Å². The Morgan fingerprint density at radius 1 is 1.18 bits per heavy atom. The van der Waals surface area contributed by atoms with E-state index in [2.05, 4.69) is 15.1 Å². The zero-order chi connectivity index (χ0) is 19.5. The maximum atomic E-state index is 12.5. The van der Waals surface area contributed by atoms with Crippen molar-refractivity contribution < 1.29 is 14.1 Å². The molecule has 1 aliphatic heterocycles. The Morgan fingerprint density at radius 3 is 2.64 bits per heavy atom. The lowest BCUT2D eigenvalue weighted by Gasteiger charge is -2.17. The van der Waals surface area contributed by atoms with Gasteiger partial charge in [0.1, 0.15) is 5.75 Å². The molecule has 7 nitrogen and oxygen atoms in total. The first-order valence-corrected chi connectivity index (χ1v) is 9.36. The fourth-order valence-corrected chi connectivity index (χ4v) is 3.28. The molecular formula is C21H22N4O3. The van der Waals surface area contributed by atoms with Crippen molar-refractivity contribution in [3.8, 4) is 17.2 Å². The summed E-state index contributed by atoms with van der Waals surface area (Å²) in [6.45, 7) is 5.13. The van der Waals surface area contributed by atoms with Crippen LogP contribution in [0.25, 0.3) is 11.5 Å². The van der Waals surface area contributed by atoms with E-state index in [0.29, 0.717) is 31.2 Å². The molecular weight excluding hydrogens is 356 g/mol. The molecule has 1 aromatic carbocycles. The predicted octanol–water partition coefficient (Wildman–Crippen LogP) is 3.43. The van der Waals surface area contributed by atoms with Crippen LogP contribution >= 0.6 is 0 Å². The van der Waals surface area contributed by atoms with Crippen molar-refractivity contribution in [2.24, 2.45) is 0 Å². The monoisotopic (exact) mass is 378 g/mol. The van der Waals surface area contributed by atoms with E-state index in [4.69, 9.17) is 9.26 Å². The van der Waals surface area contributed by atoms with E-state index in [9.17, 15) is 4.79 Å². The number of hydrogen-bond acceptors (Lipinski definition) is 6. The number of hydrogen-bond donors (Lipinski definition) is 0. The summed E-state index contributed by atoms with van der Waals surface area (Å²) in [7, 11) is 0. The highest BCUT2D eigenvalue weighted by Gasteiger charge is 2.33. The number of nitrogens with zero attached hydrogens (tertiary/aromatic N) is 4. The van der Waals surface area contributed by atoms with Crippen molar-refractivity contribution >= 4 is 5.91 Å². The van der Waals surface area contributed by atoms with E-state index in [1.807, 2.05) is 55.1 Å². The third-order valence-corrected chi connectivity index (χ3v) is 4.62. The fourth-order valence-electron chi connectivity index (χ4n) is 3.28. The van der Waals surface area contributed by atoms with Crippen LogP contribution < -0.4 is 4.74 Å². The summed E-state index contributed by atoms with van der Waals surface area (Å²) in [5.74, 6) is 1.89. The predicted molar refractivity (Wildman–Crippen MR) is 103 cm³/mol. The van der Waals surface area contributed by atoms with E-state index in [-0.39, 0.29) is 17.9 Å². The van der Waals surface area contributed by atoms with Gasteiger partial charge in [0.05, 0.1) is 6.10 Å². The van der Waals surface area contributed by atoms with Gasteiger partial charge in [-0.15, -0.1) is 0 Å². The Bertz CT molecular complexity index is 938. The number of amides is 1. The molecule has 0 bridgehead atoms. The summed E-state index contributed by atoms with van der Waals surface area (Å²) >= 11 is 0. The quantitative estimate of drug-likeness (QED) is 0.654. The van der Waals surface area contributed by atoms with Crippen molar-refractivity contribution in [3.05, 3.63) is 60.2 Å². The molecule has 0 radical (unpaired) electrons. The highest BCUT2D eigenvalue weighted by molar-refractivity contribution is 5.79. The summed E-state index contributed by atoms with van der Waals surface area (Å²) in [4.78, 5) is 22.8. The Kier molecular flexibility index (Phi) is 5.06. The van der Waals surface area contributed by atoms with Crippen molar-refractivity contribution in [2.75, 3.05) is 6.54 Å². The van der Waals surface area contributed by atoms with Gasteiger partial charge in [-0.05, 0) is 43.7 Å². The number of benzene rings is 1. The molecule has 1 unspecified atom stereocenters. The Labute approximate surface area is 163 Å². The van der Waals surface area contributed by atoms with Gasteiger partial charge in [0, 0.05) is 43.4 Å². The molecule has 1 aliphatic rings. The first-order chi connectivity index (χ1) is 13.6. The summed E-state index contributed by atoms with van der Waals surface area (Å²) in [5, 5.41) is 4.09. The molecule has 0 saturated carbocycles. The number of rotatable bonds is 6. The second-order valence-electron chi connectivity index (χ2n) is 7.18. The maximum Gasteiger partial charge on any atom is 0.258 e. The van der Waals surface area contributed by atoms with Crippen molar-refractivity contribution in [2.45, 2.75) is 38.8 Å². The number of aromatic nitrogens is 3. The van der Waals surface area contributed by atoms with Crippen LogP contribution in [0.15, 0.2) is 53.3 Å². The number of pyridine rings is 1. The molecule has 4 rings (SSSR count). The summed E-state index contributed by atoms with van der Waals surface area (Å²) in [5.41, 5.74) is 1.88. The first kappa shape index (κ1) is 18.2.